The maximum absolute atomic E-state index is 5.32. The third kappa shape index (κ3) is 5.18. The molecule has 2 nitrogen and oxygen atoms in total. The van der Waals surface area contributed by atoms with E-state index in [4.69, 9.17) is 9.97 Å². The molecular weight excluding hydrogens is 701 g/mol. The summed E-state index contributed by atoms with van der Waals surface area (Å²) in [5, 5.41) is 2.54. The molecule has 1 heterocycles. The van der Waals surface area contributed by atoms with Gasteiger partial charge in [0.05, 0.1) is 11.4 Å². The van der Waals surface area contributed by atoms with Gasteiger partial charge in [0.2, 0.25) is 0 Å². The molecule has 2 heteroatoms. The fraction of sp³-hybridized carbons (Fsp3) is 0.107. The van der Waals surface area contributed by atoms with Crippen molar-refractivity contribution in [1.82, 2.24) is 9.97 Å². The zero-order chi connectivity index (χ0) is 39.2. The highest BCUT2D eigenvalue weighted by Gasteiger charge is 2.38. The summed E-state index contributed by atoms with van der Waals surface area (Å²) >= 11 is 0. The van der Waals surface area contributed by atoms with Crippen LogP contribution in [0.5, 0.6) is 0 Å². The summed E-state index contributed by atoms with van der Waals surface area (Å²) in [6, 6.07) is 66.2. The summed E-state index contributed by atoms with van der Waals surface area (Å²) < 4.78 is 0. The largest absolute Gasteiger partial charge is 0.228 e. The molecule has 2 aliphatic rings. The molecule has 0 N–H and O–H groups in total. The number of hydrogen-bond acceptors (Lipinski definition) is 2. The van der Waals surface area contributed by atoms with E-state index in [1.54, 1.807) is 0 Å². The van der Waals surface area contributed by atoms with Gasteiger partial charge >= 0.3 is 0 Å². The molecule has 276 valence electrons. The normalized spacial score (nSPS) is 14.1. The highest BCUT2D eigenvalue weighted by Crippen LogP contribution is 2.55. The zero-order valence-corrected chi connectivity index (χ0v) is 33.2. The van der Waals surface area contributed by atoms with Crippen LogP contribution in [0.2, 0.25) is 0 Å². The van der Waals surface area contributed by atoms with Crippen LogP contribution < -0.4 is 0 Å². The first-order chi connectivity index (χ1) is 28.3. The Morgan fingerprint density at radius 3 is 1.69 bits per heavy atom. The number of fused-ring (bicyclic) bond motifs is 7. The van der Waals surface area contributed by atoms with Crippen LogP contribution in [0.4, 0.5) is 0 Å². The minimum Gasteiger partial charge on any atom is -0.228 e. The van der Waals surface area contributed by atoms with E-state index in [2.05, 4.69) is 204 Å². The van der Waals surface area contributed by atoms with Crippen LogP contribution in [0.25, 0.3) is 89.2 Å². The Labute approximate surface area is 340 Å². The Balaban J connectivity index is 1.05. The molecular formula is C56H42N2. The van der Waals surface area contributed by atoms with Crippen LogP contribution in [-0.4, -0.2) is 9.97 Å². The Morgan fingerprint density at radius 2 is 0.897 bits per heavy atom. The molecule has 0 amide bonds. The number of nitrogens with zero attached hydrogens (tertiary/aromatic N) is 2. The van der Waals surface area contributed by atoms with E-state index < -0.39 is 0 Å². The van der Waals surface area contributed by atoms with Gasteiger partial charge in [-0.1, -0.05) is 191 Å². The van der Waals surface area contributed by atoms with Crippen molar-refractivity contribution in [1.29, 1.82) is 0 Å². The van der Waals surface area contributed by atoms with E-state index in [1.807, 2.05) is 6.07 Å². The van der Waals surface area contributed by atoms with Crippen molar-refractivity contribution in [3.63, 3.8) is 0 Å². The van der Waals surface area contributed by atoms with Crippen molar-refractivity contribution in [2.45, 2.75) is 38.5 Å². The lowest BCUT2D eigenvalue weighted by Crippen LogP contribution is -2.16. The van der Waals surface area contributed by atoms with Gasteiger partial charge in [-0.15, -0.1) is 0 Å². The van der Waals surface area contributed by atoms with Crippen molar-refractivity contribution in [2.24, 2.45) is 0 Å². The van der Waals surface area contributed by atoms with Gasteiger partial charge in [0, 0.05) is 27.5 Å². The number of hydrogen-bond donors (Lipinski definition) is 0. The summed E-state index contributed by atoms with van der Waals surface area (Å²) in [7, 11) is 0. The summed E-state index contributed by atoms with van der Waals surface area (Å²) in [5.41, 5.74) is 20.4. The first-order valence-corrected chi connectivity index (χ1v) is 20.3. The van der Waals surface area contributed by atoms with Gasteiger partial charge < -0.3 is 0 Å². The molecule has 0 aliphatic heterocycles. The average Bonchev–Trinajstić information content (AvgIpc) is 3.65. The SMILES string of the molecule is CC1(C)c2cc3ccccc3cc2-c2c(-c3ccccc3-c3cc(-c4ccc(-c5cccc6c5C(C)(C)c5ccccc5-6)cc4)nc(-c4ccccc4)n3)cccc21. The minimum atomic E-state index is -0.131. The summed E-state index contributed by atoms with van der Waals surface area (Å²) in [4.78, 5) is 10.6. The topological polar surface area (TPSA) is 25.8 Å². The molecule has 11 rings (SSSR count). The van der Waals surface area contributed by atoms with E-state index in [1.165, 1.54) is 72.0 Å². The third-order valence-corrected chi connectivity index (χ3v) is 12.9. The van der Waals surface area contributed by atoms with E-state index in [9.17, 15) is 0 Å². The lowest BCUT2D eigenvalue weighted by Gasteiger charge is -2.24. The van der Waals surface area contributed by atoms with Gasteiger partial charge in [0.25, 0.3) is 0 Å². The predicted octanol–water partition coefficient (Wildman–Crippen LogP) is 14.6. The van der Waals surface area contributed by atoms with Crippen LogP contribution in [0.15, 0.2) is 182 Å². The van der Waals surface area contributed by atoms with E-state index in [0.29, 0.717) is 5.82 Å². The molecule has 1 aromatic heterocycles. The van der Waals surface area contributed by atoms with E-state index >= 15 is 0 Å². The predicted molar refractivity (Wildman–Crippen MR) is 242 cm³/mol. The van der Waals surface area contributed by atoms with Gasteiger partial charge in [-0.3, -0.25) is 0 Å². The third-order valence-electron chi connectivity index (χ3n) is 12.9. The van der Waals surface area contributed by atoms with Crippen LogP contribution in [-0.2, 0) is 10.8 Å². The van der Waals surface area contributed by atoms with Crippen molar-refractivity contribution in [2.75, 3.05) is 0 Å². The summed E-state index contributed by atoms with van der Waals surface area (Å²) in [6.45, 7) is 9.43. The van der Waals surface area contributed by atoms with Crippen molar-refractivity contribution < 1.29 is 0 Å². The zero-order valence-electron chi connectivity index (χ0n) is 33.2. The Kier molecular flexibility index (Phi) is 7.59. The number of benzene rings is 8. The summed E-state index contributed by atoms with van der Waals surface area (Å²) in [5.74, 6) is 0.712. The molecule has 0 bridgehead atoms. The van der Waals surface area contributed by atoms with E-state index in [0.717, 1.165) is 33.6 Å². The molecule has 0 radical (unpaired) electrons. The van der Waals surface area contributed by atoms with Crippen molar-refractivity contribution >= 4 is 10.8 Å². The van der Waals surface area contributed by atoms with Crippen LogP contribution in [0.3, 0.4) is 0 Å². The molecule has 0 fully saturated rings. The average molecular weight is 743 g/mol. The fourth-order valence-electron chi connectivity index (χ4n) is 10.00. The second-order valence-electron chi connectivity index (χ2n) is 16.9. The highest BCUT2D eigenvalue weighted by molar-refractivity contribution is 6.01. The Bertz CT molecular complexity index is 3100. The maximum Gasteiger partial charge on any atom is 0.160 e. The van der Waals surface area contributed by atoms with E-state index in [-0.39, 0.29) is 10.8 Å². The van der Waals surface area contributed by atoms with Crippen LogP contribution in [0.1, 0.15) is 49.9 Å². The molecule has 0 atom stereocenters. The van der Waals surface area contributed by atoms with Crippen LogP contribution in [0, 0.1) is 0 Å². The number of aromatic nitrogens is 2. The second-order valence-corrected chi connectivity index (χ2v) is 16.9. The van der Waals surface area contributed by atoms with Gasteiger partial charge in [-0.05, 0) is 95.7 Å². The fourth-order valence-corrected chi connectivity index (χ4v) is 10.00. The highest BCUT2D eigenvalue weighted by atomic mass is 14.9. The van der Waals surface area contributed by atoms with Crippen LogP contribution >= 0.6 is 0 Å². The van der Waals surface area contributed by atoms with Crippen molar-refractivity contribution in [3.05, 3.63) is 204 Å². The molecule has 9 aromatic rings. The number of rotatable bonds is 5. The minimum absolute atomic E-state index is 0.0920. The van der Waals surface area contributed by atoms with Gasteiger partial charge in [0.15, 0.2) is 5.82 Å². The first kappa shape index (κ1) is 34.4. The smallest absolute Gasteiger partial charge is 0.160 e. The lowest BCUT2D eigenvalue weighted by molar-refractivity contribution is 0.661. The first-order valence-electron chi connectivity index (χ1n) is 20.3. The maximum atomic E-state index is 5.32. The molecule has 0 spiro atoms. The lowest BCUT2D eigenvalue weighted by atomic mass is 9.79. The molecule has 0 unspecified atom stereocenters. The molecule has 8 aromatic carbocycles. The monoisotopic (exact) mass is 742 g/mol. The summed E-state index contributed by atoms with van der Waals surface area (Å²) in [6.07, 6.45) is 0. The van der Waals surface area contributed by atoms with Gasteiger partial charge in [0.1, 0.15) is 0 Å². The molecule has 0 saturated heterocycles. The standard InChI is InChI=1S/C56H42N2/c1-55(2)48-27-15-24-44(52(48)46-32-38-18-8-9-19-39(38)33-49(46)55)41-20-10-11-22-43(41)51-34-50(57-54(58-51)37-16-6-5-7-17-37)36-30-28-35(29-31-36)40-23-14-25-45-42-21-12-13-26-47(42)56(3,4)53(40)45/h5-34H,1-4H3. The molecule has 58 heavy (non-hydrogen) atoms. The Hall–Kier alpha value is -6.90. The van der Waals surface area contributed by atoms with Gasteiger partial charge in [-0.2, -0.15) is 0 Å². The Morgan fingerprint density at radius 1 is 0.328 bits per heavy atom. The quantitative estimate of drug-likeness (QED) is 0.175. The molecule has 0 saturated carbocycles. The second kappa shape index (κ2) is 12.8. The molecule has 2 aliphatic carbocycles. The van der Waals surface area contributed by atoms with Gasteiger partial charge in [-0.25, -0.2) is 9.97 Å². The van der Waals surface area contributed by atoms with Crippen molar-refractivity contribution in [3.8, 4) is 78.4 Å².